The van der Waals surface area contributed by atoms with Crippen molar-refractivity contribution in [3.05, 3.63) is 60.7 Å². The number of aryl methyl sites for hydroxylation is 2. The Balaban J connectivity index is 1.79. The number of halogens is 1. The maximum atomic E-state index is 13.5. The monoisotopic (exact) mass is 549 g/mol. The van der Waals surface area contributed by atoms with Crippen LogP contribution in [0.15, 0.2) is 31.5 Å². The molecule has 190 valence electrons. The largest absolute Gasteiger partial charge is 0.448 e. The van der Waals surface area contributed by atoms with E-state index in [0.29, 0.717) is 40.5 Å². The van der Waals surface area contributed by atoms with Crippen molar-refractivity contribution in [1.82, 2.24) is 24.0 Å². The number of thioether (sulfide) groups is 1. The molecule has 2 atom stereocenters. The van der Waals surface area contributed by atoms with Gasteiger partial charge in [-0.25, -0.2) is 9.78 Å². The van der Waals surface area contributed by atoms with E-state index >= 15 is 0 Å². The number of thiazole rings is 1. The number of methoxy groups -OCH3 is 1. The summed E-state index contributed by atoms with van der Waals surface area (Å²) in [6.45, 7) is 2.72. The number of rotatable bonds is 6. The van der Waals surface area contributed by atoms with Gasteiger partial charge in [0.25, 0.3) is 5.56 Å². The van der Waals surface area contributed by atoms with Crippen molar-refractivity contribution in [2.75, 3.05) is 20.3 Å². The summed E-state index contributed by atoms with van der Waals surface area (Å²) < 4.78 is 15.4. The first kappa shape index (κ1) is 24.9. The average Bonchev–Trinajstić information content (AvgIpc) is 3.56. The summed E-state index contributed by atoms with van der Waals surface area (Å²) in [7, 11) is 4.61. The molecule has 1 N–H and O–H groups in total. The molecule has 13 heteroatoms. The van der Waals surface area contributed by atoms with Crippen LogP contribution >= 0.6 is 34.7 Å². The van der Waals surface area contributed by atoms with E-state index in [2.05, 4.69) is 14.9 Å². The Labute approximate surface area is 218 Å². The van der Waals surface area contributed by atoms with E-state index in [9.17, 15) is 14.4 Å². The summed E-state index contributed by atoms with van der Waals surface area (Å²) in [5.41, 5.74) is 1.99. The summed E-state index contributed by atoms with van der Waals surface area (Å²) in [5, 5.41) is 5.73. The van der Waals surface area contributed by atoms with Gasteiger partial charge < -0.3 is 19.0 Å². The molecule has 0 bridgehead atoms. The first-order valence-corrected chi connectivity index (χ1v) is 13.3. The highest BCUT2D eigenvalue weighted by Gasteiger charge is 2.38. The molecule has 0 spiro atoms. The Morgan fingerprint density at radius 2 is 2.08 bits per heavy atom. The Hall–Kier alpha value is -2.80. The van der Waals surface area contributed by atoms with Crippen molar-refractivity contribution >= 4 is 51.5 Å². The van der Waals surface area contributed by atoms with Gasteiger partial charge in [-0.05, 0) is 30.7 Å². The zero-order chi connectivity index (χ0) is 25.7. The fraction of sp³-hybridized carbons (Fsp3) is 0.391. The topological polar surface area (TPSA) is 113 Å². The highest BCUT2D eigenvalue weighted by atomic mass is 35.5. The lowest BCUT2D eigenvalue weighted by Gasteiger charge is -2.31. The molecule has 0 aliphatic carbocycles. The smallest absolute Gasteiger partial charge is 0.331 e. The van der Waals surface area contributed by atoms with Gasteiger partial charge >= 0.3 is 5.69 Å². The lowest BCUT2D eigenvalue weighted by Crippen LogP contribution is -2.38. The number of carbonyl (C=O) groups excluding carboxylic acids is 1. The minimum absolute atomic E-state index is 0.0327. The van der Waals surface area contributed by atoms with E-state index in [1.165, 1.54) is 30.1 Å². The zero-order valence-electron chi connectivity index (χ0n) is 20.0. The molecule has 0 radical (unpaired) electrons. The van der Waals surface area contributed by atoms with Crippen LogP contribution in [0.4, 0.5) is 0 Å². The quantitative estimate of drug-likeness (QED) is 0.393. The number of furan rings is 1. The van der Waals surface area contributed by atoms with Gasteiger partial charge in [0.1, 0.15) is 22.6 Å². The fourth-order valence-electron chi connectivity index (χ4n) is 4.58. The molecule has 0 saturated heterocycles. The number of fused-ring (bicyclic) bond motifs is 3. The summed E-state index contributed by atoms with van der Waals surface area (Å²) in [5.74, 6) is 0.375. The highest BCUT2D eigenvalue weighted by molar-refractivity contribution is 8.00. The Kier molecular flexibility index (Phi) is 6.62. The van der Waals surface area contributed by atoms with Gasteiger partial charge in [-0.3, -0.25) is 18.7 Å². The molecular weight excluding hydrogens is 526 g/mol. The van der Waals surface area contributed by atoms with Crippen LogP contribution in [0.1, 0.15) is 22.4 Å². The molecule has 2 unspecified atom stereocenters. The normalized spacial score (nSPS) is 17.5. The van der Waals surface area contributed by atoms with Crippen LogP contribution in [0.5, 0.6) is 0 Å². The second kappa shape index (κ2) is 9.58. The zero-order valence-corrected chi connectivity index (χ0v) is 22.4. The third-order valence-electron chi connectivity index (χ3n) is 6.14. The maximum absolute atomic E-state index is 13.5. The Bertz CT molecular complexity index is 1600. The summed E-state index contributed by atoms with van der Waals surface area (Å²) in [6, 6.07) is 3.46. The van der Waals surface area contributed by atoms with E-state index in [1.54, 1.807) is 30.9 Å². The minimum Gasteiger partial charge on any atom is -0.448 e. The van der Waals surface area contributed by atoms with Crippen molar-refractivity contribution in [1.29, 1.82) is 0 Å². The molecule has 1 aliphatic rings. The number of hydrogen-bond donors (Lipinski definition) is 1. The molecular formula is C23H24ClN5O5S2. The van der Waals surface area contributed by atoms with E-state index in [4.69, 9.17) is 20.8 Å². The van der Waals surface area contributed by atoms with Gasteiger partial charge in [0.2, 0.25) is 5.91 Å². The SMILES string of the molecule is COCC(=O)NCC1Cn2c(-c3nc(C)cs3)c3c(=O)n(C)c(=O)n(C)c3c2C(c2ccc(Cl)o2)S1. The molecule has 5 rings (SSSR count). The molecule has 4 aromatic heterocycles. The second-order valence-electron chi connectivity index (χ2n) is 8.58. The second-order valence-corrected chi connectivity index (χ2v) is 11.2. The third kappa shape index (κ3) is 4.11. The predicted molar refractivity (Wildman–Crippen MR) is 140 cm³/mol. The van der Waals surface area contributed by atoms with Crippen molar-refractivity contribution in [2.24, 2.45) is 14.1 Å². The van der Waals surface area contributed by atoms with Gasteiger partial charge in [-0.15, -0.1) is 23.1 Å². The maximum Gasteiger partial charge on any atom is 0.331 e. The van der Waals surface area contributed by atoms with Gasteiger partial charge in [-0.2, -0.15) is 0 Å². The molecule has 4 aromatic rings. The molecule has 0 aromatic carbocycles. The van der Waals surface area contributed by atoms with Crippen LogP contribution in [-0.2, 0) is 30.2 Å². The first-order chi connectivity index (χ1) is 17.2. The van der Waals surface area contributed by atoms with E-state index in [1.807, 2.05) is 12.3 Å². The van der Waals surface area contributed by atoms with Crippen LogP contribution in [0, 0.1) is 6.92 Å². The minimum atomic E-state index is -0.419. The number of nitrogens with one attached hydrogen (secondary N) is 1. The Morgan fingerprint density at radius 3 is 2.72 bits per heavy atom. The number of nitrogens with zero attached hydrogens (tertiary/aromatic N) is 4. The lowest BCUT2D eigenvalue weighted by molar-refractivity contribution is -0.124. The summed E-state index contributed by atoms with van der Waals surface area (Å²) in [6.07, 6.45) is 0. The number of carbonyl (C=O) groups is 1. The van der Waals surface area contributed by atoms with Crippen LogP contribution in [-0.4, -0.2) is 50.1 Å². The van der Waals surface area contributed by atoms with Crippen LogP contribution in [0.3, 0.4) is 0 Å². The lowest BCUT2D eigenvalue weighted by atomic mass is 10.2. The highest BCUT2D eigenvalue weighted by Crippen LogP contribution is 2.49. The number of amides is 1. The molecule has 0 saturated carbocycles. The van der Waals surface area contributed by atoms with Gasteiger partial charge in [-0.1, -0.05) is 0 Å². The first-order valence-electron chi connectivity index (χ1n) is 11.1. The van der Waals surface area contributed by atoms with E-state index < -0.39 is 5.69 Å². The van der Waals surface area contributed by atoms with Crippen molar-refractivity contribution < 1.29 is 13.9 Å². The number of hydrogen-bond acceptors (Lipinski definition) is 8. The molecule has 10 nitrogen and oxygen atoms in total. The van der Waals surface area contributed by atoms with Crippen molar-refractivity contribution in [3.63, 3.8) is 0 Å². The molecule has 0 fully saturated rings. The predicted octanol–water partition coefficient (Wildman–Crippen LogP) is 2.68. The summed E-state index contributed by atoms with van der Waals surface area (Å²) >= 11 is 9.16. The van der Waals surface area contributed by atoms with Gasteiger partial charge in [0.05, 0.1) is 22.3 Å². The van der Waals surface area contributed by atoms with E-state index in [0.717, 1.165) is 16.0 Å². The third-order valence-corrected chi connectivity index (χ3v) is 8.74. The van der Waals surface area contributed by atoms with Crippen LogP contribution < -0.4 is 16.6 Å². The average molecular weight is 550 g/mol. The molecule has 1 aliphatic heterocycles. The van der Waals surface area contributed by atoms with Crippen molar-refractivity contribution in [3.8, 4) is 10.7 Å². The van der Waals surface area contributed by atoms with Crippen LogP contribution in [0.25, 0.3) is 21.6 Å². The van der Waals surface area contributed by atoms with Crippen LogP contribution in [0.2, 0.25) is 5.22 Å². The Morgan fingerprint density at radius 1 is 1.31 bits per heavy atom. The van der Waals surface area contributed by atoms with Crippen molar-refractivity contribution in [2.45, 2.75) is 24.0 Å². The number of ether oxygens (including phenoxy) is 1. The molecule has 36 heavy (non-hydrogen) atoms. The standard InChI is InChI=1S/C23H24ClN5O5S2/c1-11-10-35-21(26-11)18-16-17(27(2)23(32)28(3)22(16)31)19-20(13-5-6-14(24)34-13)36-12(8-29(18)19)7-25-15(30)9-33-4/h5-6,10,12,20H,7-9H2,1-4H3,(H,25,30). The van der Waals surface area contributed by atoms with E-state index in [-0.39, 0.29) is 33.8 Å². The van der Waals surface area contributed by atoms with Gasteiger partial charge in [0.15, 0.2) is 5.22 Å². The number of aromatic nitrogens is 4. The van der Waals surface area contributed by atoms with Gasteiger partial charge in [0, 0.05) is 50.6 Å². The summed E-state index contributed by atoms with van der Waals surface area (Å²) in [4.78, 5) is 43.3. The fourth-order valence-corrected chi connectivity index (χ4v) is 7.01. The molecule has 5 heterocycles. The molecule has 1 amide bonds.